The monoisotopic (exact) mass is 238 g/mol. The van der Waals surface area contributed by atoms with Crippen LogP contribution in [-0.4, -0.2) is 24.2 Å². The van der Waals surface area contributed by atoms with Gasteiger partial charge in [-0.25, -0.2) is 4.39 Å². The molecule has 1 atom stereocenters. The molecule has 1 aromatic rings. The standard InChI is InChI=1S/C12H15FN2O2/c13-8-4-3-5-9(15-6-1-2-7-15)10(8)11(14)12(16)17/h3-5,11H,1-2,6-7,14H2,(H,16,17). The van der Waals surface area contributed by atoms with Crippen molar-refractivity contribution in [2.75, 3.05) is 18.0 Å². The molecule has 5 heteroatoms. The van der Waals surface area contributed by atoms with E-state index in [4.69, 9.17) is 10.8 Å². The highest BCUT2D eigenvalue weighted by atomic mass is 19.1. The fourth-order valence-corrected chi connectivity index (χ4v) is 2.19. The molecule has 1 aromatic carbocycles. The highest BCUT2D eigenvalue weighted by molar-refractivity contribution is 5.78. The Morgan fingerprint density at radius 3 is 2.65 bits per heavy atom. The molecular weight excluding hydrogens is 223 g/mol. The fourth-order valence-electron chi connectivity index (χ4n) is 2.19. The van der Waals surface area contributed by atoms with Gasteiger partial charge in [-0.3, -0.25) is 4.79 Å². The minimum absolute atomic E-state index is 0.0851. The number of carboxylic acids is 1. The third-order valence-electron chi connectivity index (χ3n) is 3.05. The summed E-state index contributed by atoms with van der Waals surface area (Å²) in [4.78, 5) is 12.9. The molecule has 0 radical (unpaired) electrons. The molecule has 1 unspecified atom stereocenters. The predicted octanol–water partition coefficient (Wildman–Crippen LogP) is 1.51. The first-order valence-electron chi connectivity index (χ1n) is 5.63. The predicted molar refractivity (Wildman–Crippen MR) is 62.4 cm³/mol. The van der Waals surface area contributed by atoms with E-state index >= 15 is 0 Å². The van der Waals surface area contributed by atoms with Crippen LogP contribution in [0.2, 0.25) is 0 Å². The molecule has 0 aliphatic carbocycles. The maximum Gasteiger partial charge on any atom is 0.325 e. The van der Waals surface area contributed by atoms with Crippen LogP contribution in [0.3, 0.4) is 0 Å². The summed E-state index contributed by atoms with van der Waals surface area (Å²) in [5.74, 6) is -1.76. The Labute approximate surface area is 98.8 Å². The molecule has 0 saturated carbocycles. The molecule has 0 spiro atoms. The number of aliphatic carboxylic acids is 1. The molecular formula is C12H15FN2O2. The van der Waals surface area contributed by atoms with Crippen LogP contribution >= 0.6 is 0 Å². The normalized spacial score (nSPS) is 17.2. The molecule has 92 valence electrons. The summed E-state index contributed by atoms with van der Waals surface area (Å²) >= 11 is 0. The average Bonchev–Trinajstić information content (AvgIpc) is 2.81. The lowest BCUT2D eigenvalue weighted by atomic mass is 10.0. The zero-order valence-corrected chi connectivity index (χ0v) is 9.40. The number of benzene rings is 1. The van der Waals surface area contributed by atoms with Gasteiger partial charge in [-0.2, -0.15) is 0 Å². The minimum Gasteiger partial charge on any atom is -0.480 e. The number of carbonyl (C=O) groups is 1. The fraction of sp³-hybridized carbons (Fsp3) is 0.417. The molecule has 0 amide bonds. The van der Waals surface area contributed by atoms with E-state index in [1.54, 1.807) is 12.1 Å². The van der Waals surface area contributed by atoms with Gasteiger partial charge < -0.3 is 15.7 Å². The summed E-state index contributed by atoms with van der Waals surface area (Å²) in [5, 5.41) is 8.92. The zero-order chi connectivity index (χ0) is 12.4. The van der Waals surface area contributed by atoms with Gasteiger partial charge in [0.25, 0.3) is 0 Å². The average molecular weight is 238 g/mol. The Balaban J connectivity index is 2.43. The molecule has 0 aromatic heterocycles. The first-order chi connectivity index (χ1) is 8.11. The summed E-state index contributed by atoms with van der Waals surface area (Å²) in [7, 11) is 0. The summed E-state index contributed by atoms with van der Waals surface area (Å²) in [6.45, 7) is 1.64. The molecule has 1 aliphatic rings. The molecule has 3 N–H and O–H groups in total. The summed E-state index contributed by atoms with van der Waals surface area (Å²) in [5.41, 5.74) is 6.23. The number of nitrogens with two attached hydrogens (primary N) is 1. The highest BCUT2D eigenvalue weighted by Gasteiger charge is 2.25. The van der Waals surface area contributed by atoms with E-state index in [1.807, 2.05) is 4.90 Å². The number of anilines is 1. The van der Waals surface area contributed by atoms with Crippen molar-refractivity contribution >= 4 is 11.7 Å². The third kappa shape index (κ3) is 2.24. The van der Waals surface area contributed by atoms with Gasteiger partial charge in [0.05, 0.1) is 0 Å². The van der Waals surface area contributed by atoms with Crippen molar-refractivity contribution in [2.24, 2.45) is 5.73 Å². The highest BCUT2D eigenvalue weighted by Crippen LogP contribution is 2.30. The van der Waals surface area contributed by atoms with Crippen molar-refractivity contribution in [1.29, 1.82) is 0 Å². The quantitative estimate of drug-likeness (QED) is 0.837. The van der Waals surface area contributed by atoms with Crippen LogP contribution in [0.25, 0.3) is 0 Å². The van der Waals surface area contributed by atoms with Gasteiger partial charge in [0, 0.05) is 24.3 Å². The number of halogens is 1. The molecule has 1 saturated heterocycles. The van der Waals surface area contributed by atoms with E-state index in [-0.39, 0.29) is 5.56 Å². The van der Waals surface area contributed by atoms with Crippen LogP contribution in [0.5, 0.6) is 0 Å². The second-order valence-electron chi connectivity index (χ2n) is 4.18. The van der Waals surface area contributed by atoms with Crippen molar-refractivity contribution in [3.8, 4) is 0 Å². The van der Waals surface area contributed by atoms with Crippen LogP contribution in [0, 0.1) is 5.82 Å². The van der Waals surface area contributed by atoms with Crippen molar-refractivity contribution in [3.05, 3.63) is 29.6 Å². The Morgan fingerprint density at radius 2 is 2.06 bits per heavy atom. The van der Waals surface area contributed by atoms with Gasteiger partial charge in [-0.1, -0.05) is 6.07 Å². The largest absolute Gasteiger partial charge is 0.480 e. The summed E-state index contributed by atoms with van der Waals surface area (Å²) in [6.07, 6.45) is 2.08. The van der Waals surface area contributed by atoms with Crippen molar-refractivity contribution in [2.45, 2.75) is 18.9 Å². The van der Waals surface area contributed by atoms with E-state index in [9.17, 15) is 9.18 Å². The van der Waals surface area contributed by atoms with Gasteiger partial charge >= 0.3 is 5.97 Å². The van der Waals surface area contributed by atoms with E-state index in [0.29, 0.717) is 5.69 Å². The SMILES string of the molecule is NC(C(=O)O)c1c(F)cccc1N1CCCC1. The van der Waals surface area contributed by atoms with Gasteiger partial charge in [-0.05, 0) is 25.0 Å². The minimum atomic E-state index is -1.31. The Morgan fingerprint density at radius 1 is 1.41 bits per heavy atom. The van der Waals surface area contributed by atoms with Crippen molar-refractivity contribution < 1.29 is 14.3 Å². The van der Waals surface area contributed by atoms with Gasteiger partial charge in [0.15, 0.2) is 0 Å². The van der Waals surface area contributed by atoms with Gasteiger partial charge in [-0.15, -0.1) is 0 Å². The molecule has 1 heterocycles. The molecule has 17 heavy (non-hydrogen) atoms. The van der Waals surface area contributed by atoms with Crippen LogP contribution in [0.4, 0.5) is 10.1 Å². The Bertz CT molecular complexity index is 431. The molecule has 4 nitrogen and oxygen atoms in total. The first kappa shape index (κ1) is 11.9. The second kappa shape index (κ2) is 4.71. The number of nitrogens with zero attached hydrogens (tertiary/aromatic N) is 1. The van der Waals surface area contributed by atoms with Crippen LogP contribution in [0.1, 0.15) is 24.4 Å². The number of rotatable bonds is 3. The zero-order valence-electron chi connectivity index (χ0n) is 9.40. The smallest absolute Gasteiger partial charge is 0.325 e. The van der Waals surface area contributed by atoms with Gasteiger partial charge in [0.1, 0.15) is 11.9 Å². The summed E-state index contributed by atoms with van der Waals surface area (Å²) in [6, 6.07) is 3.25. The van der Waals surface area contributed by atoms with E-state index < -0.39 is 17.8 Å². The Hall–Kier alpha value is -1.62. The third-order valence-corrected chi connectivity index (χ3v) is 3.05. The van der Waals surface area contributed by atoms with Crippen LogP contribution in [0.15, 0.2) is 18.2 Å². The second-order valence-corrected chi connectivity index (χ2v) is 4.18. The topological polar surface area (TPSA) is 66.6 Å². The lowest BCUT2D eigenvalue weighted by Crippen LogP contribution is -2.27. The summed E-state index contributed by atoms with van der Waals surface area (Å²) < 4.78 is 13.7. The maximum atomic E-state index is 13.7. The van der Waals surface area contributed by atoms with E-state index in [1.165, 1.54) is 6.07 Å². The van der Waals surface area contributed by atoms with Crippen LogP contribution < -0.4 is 10.6 Å². The van der Waals surface area contributed by atoms with E-state index in [0.717, 1.165) is 25.9 Å². The number of hydrogen-bond acceptors (Lipinski definition) is 3. The molecule has 2 rings (SSSR count). The number of carboxylic acid groups (broad SMARTS) is 1. The maximum absolute atomic E-state index is 13.7. The first-order valence-corrected chi connectivity index (χ1v) is 5.63. The lowest BCUT2D eigenvalue weighted by molar-refractivity contribution is -0.138. The Kier molecular flexibility index (Phi) is 3.28. The van der Waals surface area contributed by atoms with Crippen LogP contribution in [-0.2, 0) is 4.79 Å². The van der Waals surface area contributed by atoms with E-state index in [2.05, 4.69) is 0 Å². The van der Waals surface area contributed by atoms with Crippen molar-refractivity contribution in [3.63, 3.8) is 0 Å². The lowest BCUT2D eigenvalue weighted by Gasteiger charge is -2.23. The molecule has 0 bridgehead atoms. The molecule has 1 fully saturated rings. The van der Waals surface area contributed by atoms with Gasteiger partial charge in [0.2, 0.25) is 0 Å². The molecule has 1 aliphatic heterocycles. The number of hydrogen-bond donors (Lipinski definition) is 2. The van der Waals surface area contributed by atoms with Crippen molar-refractivity contribution in [1.82, 2.24) is 0 Å².